The van der Waals surface area contributed by atoms with Crippen molar-refractivity contribution < 1.29 is 18.0 Å². The molecule has 0 spiro atoms. The van der Waals surface area contributed by atoms with Crippen molar-refractivity contribution in [1.29, 1.82) is 0 Å². The van der Waals surface area contributed by atoms with Crippen molar-refractivity contribution in [1.82, 2.24) is 9.97 Å². The molecule has 0 radical (unpaired) electrons. The summed E-state index contributed by atoms with van der Waals surface area (Å²) in [5.41, 5.74) is 0.463. The highest BCUT2D eigenvalue weighted by atomic mass is 32.2. The van der Waals surface area contributed by atoms with Crippen LogP contribution in [0.15, 0.2) is 72.0 Å². The predicted octanol–water partition coefficient (Wildman–Crippen LogP) is 5.28. The van der Waals surface area contributed by atoms with Crippen molar-refractivity contribution in [2.24, 2.45) is 0 Å². The van der Waals surface area contributed by atoms with E-state index in [1.54, 1.807) is 13.0 Å². The van der Waals surface area contributed by atoms with Crippen LogP contribution in [0.25, 0.3) is 11.3 Å². The monoisotopic (exact) mass is 403 g/mol. The molecule has 0 fully saturated rings. The number of hydrogen-bond acceptors (Lipinski definition) is 4. The van der Waals surface area contributed by atoms with E-state index in [1.807, 2.05) is 30.3 Å². The fourth-order valence-electron chi connectivity index (χ4n) is 2.48. The van der Waals surface area contributed by atoms with Crippen LogP contribution in [-0.4, -0.2) is 21.1 Å². The highest BCUT2D eigenvalue weighted by molar-refractivity contribution is 8.00. The summed E-state index contributed by atoms with van der Waals surface area (Å²) in [5.74, 6) is -0.540. The van der Waals surface area contributed by atoms with Crippen molar-refractivity contribution in [2.75, 3.05) is 5.32 Å². The molecule has 1 atom stereocenters. The minimum atomic E-state index is -4.54. The Labute approximate surface area is 164 Å². The molecule has 0 bridgehead atoms. The van der Waals surface area contributed by atoms with Crippen LogP contribution in [-0.2, 0) is 11.0 Å². The molecular formula is C20H16F3N3OS. The third kappa shape index (κ3) is 4.89. The van der Waals surface area contributed by atoms with Crippen LogP contribution >= 0.6 is 11.8 Å². The van der Waals surface area contributed by atoms with Crippen molar-refractivity contribution in [3.8, 4) is 11.3 Å². The van der Waals surface area contributed by atoms with Gasteiger partial charge in [-0.15, -0.1) is 0 Å². The first-order valence-electron chi connectivity index (χ1n) is 8.36. The van der Waals surface area contributed by atoms with Gasteiger partial charge in [0.05, 0.1) is 22.2 Å². The first kappa shape index (κ1) is 19.9. The van der Waals surface area contributed by atoms with Gasteiger partial charge in [-0.1, -0.05) is 54.2 Å². The van der Waals surface area contributed by atoms with E-state index in [-0.39, 0.29) is 5.69 Å². The van der Waals surface area contributed by atoms with Crippen LogP contribution in [0.1, 0.15) is 12.5 Å². The van der Waals surface area contributed by atoms with Crippen molar-refractivity contribution in [2.45, 2.75) is 23.4 Å². The third-order valence-corrected chi connectivity index (χ3v) is 4.90. The number of nitrogens with one attached hydrogen (secondary N) is 1. The molecule has 8 heteroatoms. The average molecular weight is 403 g/mol. The standard InChI is InChI=1S/C20H16F3N3OS/c1-13(19(27)26-16-10-6-5-9-15(16)20(21,22)23)28-18-11-17(24-12-25-18)14-7-3-2-4-8-14/h2-13H,1H3,(H,26,27). The van der Waals surface area contributed by atoms with Gasteiger partial charge in [0.25, 0.3) is 0 Å². The Morgan fingerprint density at radius 2 is 1.71 bits per heavy atom. The second-order valence-corrected chi connectivity index (χ2v) is 7.26. The van der Waals surface area contributed by atoms with Gasteiger partial charge < -0.3 is 5.32 Å². The molecule has 0 aliphatic carbocycles. The maximum absolute atomic E-state index is 13.1. The zero-order valence-electron chi connectivity index (χ0n) is 14.8. The molecular weight excluding hydrogens is 387 g/mol. The Morgan fingerprint density at radius 1 is 1.04 bits per heavy atom. The van der Waals surface area contributed by atoms with E-state index >= 15 is 0 Å². The number of halogens is 3. The van der Waals surface area contributed by atoms with Crippen LogP contribution in [0.4, 0.5) is 18.9 Å². The first-order valence-corrected chi connectivity index (χ1v) is 9.24. The molecule has 2 aromatic carbocycles. The topological polar surface area (TPSA) is 54.9 Å². The Balaban J connectivity index is 1.72. The Morgan fingerprint density at radius 3 is 2.43 bits per heavy atom. The van der Waals surface area contributed by atoms with Crippen LogP contribution in [0.3, 0.4) is 0 Å². The smallest absolute Gasteiger partial charge is 0.325 e. The largest absolute Gasteiger partial charge is 0.418 e. The number of carbonyl (C=O) groups is 1. The van der Waals surface area contributed by atoms with E-state index in [0.29, 0.717) is 10.7 Å². The number of benzene rings is 2. The van der Waals surface area contributed by atoms with Gasteiger partial charge in [-0.3, -0.25) is 4.79 Å². The number of aromatic nitrogens is 2. The molecule has 0 aliphatic rings. The maximum atomic E-state index is 13.1. The Kier molecular flexibility index (Phi) is 5.99. The zero-order valence-corrected chi connectivity index (χ0v) is 15.6. The molecule has 4 nitrogen and oxygen atoms in total. The molecule has 28 heavy (non-hydrogen) atoms. The van der Waals surface area contributed by atoms with Crippen molar-refractivity contribution in [3.05, 3.63) is 72.6 Å². The lowest BCUT2D eigenvalue weighted by molar-refractivity contribution is -0.137. The highest BCUT2D eigenvalue weighted by Crippen LogP contribution is 2.35. The SMILES string of the molecule is CC(Sc1cc(-c2ccccc2)ncn1)C(=O)Nc1ccccc1C(F)(F)F. The summed E-state index contributed by atoms with van der Waals surface area (Å²) in [7, 11) is 0. The lowest BCUT2D eigenvalue weighted by Crippen LogP contribution is -2.24. The molecule has 1 heterocycles. The van der Waals surface area contributed by atoms with E-state index in [1.165, 1.54) is 24.5 Å². The number of para-hydroxylation sites is 1. The molecule has 1 amide bonds. The number of anilines is 1. The lowest BCUT2D eigenvalue weighted by Gasteiger charge is -2.16. The summed E-state index contributed by atoms with van der Waals surface area (Å²) in [6, 6.07) is 16.1. The lowest BCUT2D eigenvalue weighted by atomic mass is 10.1. The number of carbonyl (C=O) groups excluding carboxylic acids is 1. The van der Waals surface area contributed by atoms with Gasteiger partial charge in [0, 0.05) is 5.56 Å². The van der Waals surface area contributed by atoms with Gasteiger partial charge in [-0.2, -0.15) is 13.2 Å². The molecule has 1 aromatic heterocycles. The molecule has 144 valence electrons. The summed E-state index contributed by atoms with van der Waals surface area (Å²) < 4.78 is 39.2. The van der Waals surface area contributed by atoms with E-state index in [2.05, 4.69) is 15.3 Å². The number of nitrogens with zero attached hydrogens (tertiary/aromatic N) is 2. The Bertz CT molecular complexity index is 964. The number of rotatable bonds is 5. The predicted molar refractivity (Wildman–Crippen MR) is 103 cm³/mol. The van der Waals surface area contributed by atoms with E-state index in [4.69, 9.17) is 0 Å². The molecule has 1 unspecified atom stereocenters. The summed E-state index contributed by atoms with van der Waals surface area (Å²) in [6.45, 7) is 1.61. The molecule has 0 saturated heterocycles. The normalized spacial score (nSPS) is 12.4. The number of amides is 1. The molecule has 3 aromatic rings. The minimum absolute atomic E-state index is 0.264. The van der Waals surface area contributed by atoms with Gasteiger partial charge >= 0.3 is 6.18 Å². The Hall–Kier alpha value is -2.87. The van der Waals surface area contributed by atoms with Gasteiger partial charge in [0.15, 0.2) is 0 Å². The highest BCUT2D eigenvalue weighted by Gasteiger charge is 2.33. The number of alkyl halides is 3. The van der Waals surface area contributed by atoms with Gasteiger partial charge in [0.1, 0.15) is 11.4 Å². The van der Waals surface area contributed by atoms with Crippen LogP contribution in [0.2, 0.25) is 0 Å². The van der Waals surface area contributed by atoms with E-state index in [0.717, 1.165) is 23.4 Å². The van der Waals surface area contributed by atoms with Crippen LogP contribution < -0.4 is 5.32 Å². The number of thioether (sulfide) groups is 1. The second-order valence-electron chi connectivity index (χ2n) is 5.90. The fraction of sp³-hybridized carbons (Fsp3) is 0.150. The van der Waals surface area contributed by atoms with Gasteiger partial charge in [-0.25, -0.2) is 9.97 Å². The molecule has 3 rings (SSSR count). The first-order chi connectivity index (χ1) is 13.3. The fourth-order valence-corrected chi connectivity index (χ4v) is 3.29. The second kappa shape index (κ2) is 8.43. The third-order valence-electron chi connectivity index (χ3n) is 3.87. The van der Waals surface area contributed by atoms with Crippen LogP contribution in [0.5, 0.6) is 0 Å². The van der Waals surface area contributed by atoms with Gasteiger partial charge in [-0.05, 0) is 25.1 Å². The molecule has 0 saturated carbocycles. The van der Waals surface area contributed by atoms with E-state index < -0.39 is 22.9 Å². The molecule has 0 aliphatic heterocycles. The molecule has 1 N–H and O–H groups in total. The summed E-state index contributed by atoms with van der Waals surface area (Å²) >= 11 is 1.15. The van der Waals surface area contributed by atoms with E-state index in [9.17, 15) is 18.0 Å². The summed E-state index contributed by atoms with van der Waals surface area (Å²) in [5, 5.41) is 2.26. The van der Waals surface area contributed by atoms with Gasteiger partial charge in [0.2, 0.25) is 5.91 Å². The average Bonchev–Trinajstić information content (AvgIpc) is 2.68. The summed E-state index contributed by atoms with van der Waals surface area (Å²) in [6.07, 6.45) is -3.15. The van der Waals surface area contributed by atoms with Crippen LogP contribution in [0, 0.1) is 0 Å². The van der Waals surface area contributed by atoms with Crippen molar-refractivity contribution in [3.63, 3.8) is 0 Å². The number of hydrogen-bond donors (Lipinski definition) is 1. The summed E-state index contributed by atoms with van der Waals surface area (Å²) in [4.78, 5) is 20.8. The minimum Gasteiger partial charge on any atom is -0.325 e. The van der Waals surface area contributed by atoms with Crippen molar-refractivity contribution >= 4 is 23.4 Å². The zero-order chi connectivity index (χ0) is 20.1. The maximum Gasteiger partial charge on any atom is 0.418 e. The quantitative estimate of drug-likeness (QED) is 0.465.